The fourth-order valence-corrected chi connectivity index (χ4v) is 3.44. The molecule has 3 rings (SSSR count). The molecule has 2 aliphatic rings. The molecule has 0 aromatic heterocycles. The quantitative estimate of drug-likeness (QED) is 0.810. The van der Waals surface area contributed by atoms with Crippen LogP contribution in [0, 0.1) is 0 Å². The summed E-state index contributed by atoms with van der Waals surface area (Å²) < 4.78 is 0. The van der Waals surface area contributed by atoms with Crippen LogP contribution >= 0.6 is 0 Å². The first-order valence-corrected chi connectivity index (χ1v) is 8.14. The average molecular weight is 284 g/mol. The van der Waals surface area contributed by atoms with Gasteiger partial charge in [0.15, 0.2) is 0 Å². The molecule has 3 nitrogen and oxygen atoms in total. The molecule has 0 bridgehead atoms. The Bertz CT molecular complexity index is 556. The third-order valence-electron chi connectivity index (χ3n) is 4.73. The summed E-state index contributed by atoms with van der Waals surface area (Å²) in [4.78, 5) is 12.3. The van der Waals surface area contributed by atoms with Gasteiger partial charge in [-0.25, -0.2) is 0 Å². The van der Waals surface area contributed by atoms with Gasteiger partial charge in [0.25, 0.3) is 5.91 Å². The highest BCUT2D eigenvalue weighted by Gasteiger charge is 2.19. The van der Waals surface area contributed by atoms with Crippen LogP contribution < -0.4 is 11.1 Å². The molecule has 0 unspecified atom stereocenters. The van der Waals surface area contributed by atoms with Gasteiger partial charge in [-0.3, -0.25) is 4.79 Å². The predicted molar refractivity (Wildman–Crippen MR) is 87.2 cm³/mol. The van der Waals surface area contributed by atoms with Crippen LogP contribution in [0.25, 0.3) is 0 Å². The normalized spacial score (nSPS) is 19.3. The van der Waals surface area contributed by atoms with Crippen molar-refractivity contribution in [1.82, 2.24) is 0 Å². The Morgan fingerprint density at radius 1 is 1.14 bits per heavy atom. The van der Waals surface area contributed by atoms with Crippen LogP contribution in [-0.4, -0.2) is 5.91 Å². The molecule has 112 valence electrons. The molecular weight excluding hydrogens is 260 g/mol. The third kappa shape index (κ3) is 3.29. The molecule has 0 spiro atoms. The van der Waals surface area contributed by atoms with Gasteiger partial charge in [0.1, 0.15) is 0 Å². The van der Waals surface area contributed by atoms with Gasteiger partial charge in [-0.15, -0.1) is 0 Å². The number of rotatable bonds is 3. The summed E-state index contributed by atoms with van der Waals surface area (Å²) >= 11 is 0. The SMILES string of the molecule is Nc1ccc(C2CCCC2)cc1NC(=O)C1=CCCCC1. The van der Waals surface area contributed by atoms with Crippen LogP contribution in [0.1, 0.15) is 62.8 Å². The molecule has 1 saturated carbocycles. The van der Waals surface area contributed by atoms with Crippen LogP contribution in [-0.2, 0) is 4.79 Å². The minimum Gasteiger partial charge on any atom is -0.397 e. The number of allylic oxidation sites excluding steroid dienone is 1. The van der Waals surface area contributed by atoms with E-state index in [4.69, 9.17) is 5.73 Å². The standard InChI is InChI=1S/C18H24N2O/c19-16-11-10-15(13-6-4-5-7-13)12-17(16)20-18(21)14-8-2-1-3-9-14/h8,10-13H,1-7,9,19H2,(H,20,21). The van der Waals surface area contributed by atoms with Gasteiger partial charge in [0.05, 0.1) is 11.4 Å². The Balaban J connectivity index is 1.76. The lowest BCUT2D eigenvalue weighted by atomic mass is 9.96. The number of amides is 1. The maximum Gasteiger partial charge on any atom is 0.251 e. The zero-order valence-corrected chi connectivity index (χ0v) is 12.5. The van der Waals surface area contributed by atoms with Crippen LogP contribution in [0.5, 0.6) is 0 Å². The largest absolute Gasteiger partial charge is 0.397 e. The van der Waals surface area contributed by atoms with Gasteiger partial charge in [-0.1, -0.05) is 25.0 Å². The summed E-state index contributed by atoms with van der Waals surface area (Å²) in [6.07, 6.45) is 11.4. The van der Waals surface area contributed by atoms with Gasteiger partial charge >= 0.3 is 0 Å². The minimum absolute atomic E-state index is 0.0185. The molecule has 1 fully saturated rings. The van der Waals surface area contributed by atoms with E-state index in [0.29, 0.717) is 11.6 Å². The first-order valence-electron chi connectivity index (χ1n) is 8.14. The molecule has 0 radical (unpaired) electrons. The number of nitrogens with one attached hydrogen (secondary N) is 1. The molecule has 21 heavy (non-hydrogen) atoms. The molecular formula is C18H24N2O. The number of hydrogen-bond donors (Lipinski definition) is 2. The van der Waals surface area contributed by atoms with E-state index in [-0.39, 0.29) is 5.91 Å². The number of carbonyl (C=O) groups excluding carboxylic acids is 1. The first-order chi connectivity index (χ1) is 10.2. The number of benzene rings is 1. The number of carbonyl (C=O) groups is 1. The lowest BCUT2D eigenvalue weighted by molar-refractivity contribution is -0.113. The van der Waals surface area contributed by atoms with Crippen molar-refractivity contribution in [3.63, 3.8) is 0 Å². The molecule has 1 aromatic rings. The van der Waals surface area contributed by atoms with Crippen LogP contribution in [0.2, 0.25) is 0 Å². The number of nitrogen functional groups attached to an aromatic ring is 1. The van der Waals surface area contributed by atoms with Crippen LogP contribution in [0.15, 0.2) is 29.8 Å². The molecule has 1 amide bonds. The van der Waals surface area contributed by atoms with Crippen molar-refractivity contribution >= 4 is 17.3 Å². The Labute approximate surface area is 126 Å². The second-order valence-electron chi connectivity index (χ2n) is 6.26. The van der Waals surface area contributed by atoms with Crippen LogP contribution in [0.4, 0.5) is 11.4 Å². The van der Waals surface area contributed by atoms with Gasteiger partial charge < -0.3 is 11.1 Å². The second-order valence-corrected chi connectivity index (χ2v) is 6.26. The lowest BCUT2D eigenvalue weighted by Crippen LogP contribution is -2.17. The Hall–Kier alpha value is -1.77. The molecule has 0 saturated heterocycles. The second kappa shape index (κ2) is 6.33. The Kier molecular flexibility index (Phi) is 4.28. The van der Waals surface area contributed by atoms with E-state index in [1.807, 2.05) is 6.07 Å². The van der Waals surface area contributed by atoms with Crippen molar-refractivity contribution in [1.29, 1.82) is 0 Å². The molecule has 1 aromatic carbocycles. The highest BCUT2D eigenvalue weighted by atomic mass is 16.1. The zero-order valence-electron chi connectivity index (χ0n) is 12.5. The molecule has 3 heteroatoms. The topological polar surface area (TPSA) is 55.1 Å². The summed E-state index contributed by atoms with van der Waals surface area (Å²) in [5.41, 5.74) is 9.68. The van der Waals surface area contributed by atoms with Crippen molar-refractivity contribution in [2.45, 2.75) is 57.3 Å². The first kappa shape index (κ1) is 14.2. The summed E-state index contributed by atoms with van der Waals surface area (Å²) in [6, 6.07) is 6.12. The third-order valence-corrected chi connectivity index (χ3v) is 4.73. The van der Waals surface area contributed by atoms with E-state index in [1.54, 1.807) is 0 Å². The van der Waals surface area contributed by atoms with E-state index in [0.717, 1.165) is 30.5 Å². The monoisotopic (exact) mass is 284 g/mol. The fourth-order valence-electron chi connectivity index (χ4n) is 3.44. The summed E-state index contributed by atoms with van der Waals surface area (Å²) in [5.74, 6) is 0.653. The Morgan fingerprint density at radius 3 is 2.67 bits per heavy atom. The van der Waals surface area contributed by atoms with E-state index in [9.17, 15) is 4.79 Å². The van der Waals surface area contributed by atoms with Crippen molar-refractivity contribution in [2.75, 3.05) is 11.1 Å². The van der Waals surface area contributed by atoms with Crippen molar-refractivity contribution in [3.05, 3.63) is 35.4 Å². The zero-order chi connectivity index (χ0) is 14.7. The molecule has 0 aliphatic heterocycles. The maximum atomic E-state index is 12.3. The Morgan fingerprint density at radius 2 is 1.95 bits per heavy atom. The maximum absolute atomic E-state index is 12.3. The highest BCUT2D eigenvalue weighted by molar-refractivity contribution is 6.05. The van der Waals surface area contributed by atoms with E-state index in [2.05, 4.69) is 23.5 Å². The smallest absolute Gasteiger partial charge is 0.251 e. The van der Waals surface area contributed by atoms with Gasteiger partial charge in [0, 0.05) is 5.57 Å². The van der Waals surface area contributed by atoms with E-state index in [1.165, 1.54) is 37.7 Å². The molecule has 0 atom stereocenters. The van der Waals surface area contributed by atoms with Gasteiger partial charge in [-0.2, -0.15) is 0 Å². The molecule has 2 aliphatic carbocycles. The number of hydrogen-bond acceptors (Lipinski definition) is 2. The summed E-state index contributed by atoms with van der Waals surface area (Å²) in [5, 5.41) is 3.01. The minimum atomic E-state index is 0.0185. The number of nitrogens with two attached hydrogens (primary N) is 1. The van der Waals surface area contributed by atoms with E-state index >= 15 is 0 Å². The lowest BCUT2D eigenvalue weighted by Gasteiger charge is -2.16. The predicted octanol–water partition coefficient (Wildman–Crippen LogP) is 4.37. The van der Waals surface area contributed by atoms with Crippen molar-refractivity contribution in [2.24, 2.45) is 0 Å². The highest BCUT2D eigenvalue weighted by Crippen LogP contribution is 2.36. The summed E-state index contributed by atoms with van der Waals surface area (Å²) in [6.45, 7) is 0. The van der Waals surface area contributed by atoms with Gasteiger partial charge in [-0.05, 0) is 62.1 Å². The summed E-state index contributed by atoms with van der Waals surface area (Å²) in [7, 11) is 0. The van der Waals surface area contributed by atoms with Crippen molar-refractivity contribution < 1.29 is 4.79 Å². The van der Waals surface area contributed by atoms with Crippen molar-refractivity contribution in [3.8, 4) is 0 Å². The van der Waals surface area contributed by atoms with Crippen LogP contribution in [0.3, 0.4) is 0 Å². The van der Waals surface area contributed by atoms with Gasteiger partial charge in [0.2, 0.25) is 0 Å². The molecule has 3 N–H and O–H groups in total. The average Bonchev–Trinajstić information content (AvgIpc) is 3.04. The fraction of sp³-hybridized carbons (Fsp3) is 0.500. The number of anilines is 2. The van der Waals surface area contributed by atoms with E-state index < -0.39 is 0 Å². The molecule has 0 heterocycles.